The van der Waals surface area contributed by atoms with Crippen LogP contribution in [0.25, 0.3) is 0 Å². The number of piperidine rings is 1. The van der Waals surface area contributed by atoms with E-state index >= 15 is 0 Å². The maximum atomic E-state index is 12.9. The lowest BCUT2D eigenvalue weighted by Gasteiger charge is -2.47. The van der Waals surface area contributed by atoms with Crippen molar-refractivity contribution in [1.82, 2.24) is 9.88 Å². The van der Waals surface area contributed by atoms with Gasteiger partial charge in [-0.3, -0.25) is 4.79 Å². The molecule has 5 rings (SSSR count). The summed E-state index contributed by atoms with van der Waals surface area (Å²) in [6.07, 6.45) is 1.65. The normalized spacial score (nSPS) is 20.6. The third-order valence-corrected chi connectivity index (χ3v) is 7.56. The molecule has 0 N–H and O–H groups in total. The highest BCUT2D eigenvalue weighted by Gasteiger charge is 2.43. The third-order valence-electron chi connectivity index (χ3n) is 7.56. The molecule has 0 bridgehead atoms. The fourth-order valence-electron chi connectivity index (χ4n) is 5.38. The Morgan fingerprint density at radius 3 is 2.32 bits per heavy atom. The van der Waals surface area contributed by atoms with Crippen molar-refractivity contribution in [2.45, 2.75) is 43.9 Å². The molecule has 1 aromatic heterocycles. The lowest BCUT2D eigenvalue weighted by molar-refractivity contribution is -0.141. The Hall–Kier alpha value is -2.85. The molecule has 2 aromatic rings. The molecule has 4 heterocycles. The summed E-state index contributed by atoms with van der Waals surface area (Å²) in [6, 6.07) is 10.4. The number of carbonyl (C=O) groups is 1. The molecule has 3 aliphatic rings. The minimum Gasteiger partial charge on any atom is -0.494 e. The number of carbonyl (C=O) groups excluding carboxylic acids is 1. The van der Waals surface area contributed by atoms with E-state index in [1.165, 1.54) is 36.9 Å². The number of benzene rings is 1. The molecule has 1 amide bonds. The van der Waals surface area contributed by atoms with Gasteiger partial charge in [-0.1, -0.05) is 0 Å². The zero-order valence-electron chi connectivity index (χ0n) is 20.9. The number of amides is 1. The number of halogens is 3. The summed E-state index contributed by atoms with van der Waals surface area (Å²) in [4.78, 5) is 22.3. The molecule has 200 valence electrons. The molecule has 1 aromatic carbocycles. The molecular weight excluding hydrogens is 485 g/mol. The monoisotopic (exact) mass is 518 g/mol. The average Bonchev–Trinajstić information content (AvgIpc) is 3.42. The molecule has 0 atom stereocenters. The number of alkyl halides is 3. The molecule has 0 saturated carbocycles. The maximum Gasteiger partial charge on any atom is 0.433 e. The average molecular weight is 519 g/mol. The van der Waals surface area contributed by atoms with Gasteiger partial charge in [-0.25, -0.2) is 4.98 Å². The fraction of sp³-hybridized carbons (Fsp3) is 0.556. The van der Waals surface area contributed by atoms with Crippen LogP contribution in [0.5, 0.6) is 5.75 Å². The van der Waals surface area contributed by atoms with Crippen LogP contribution >= 0.6 is 0 Å². The Labute approximate surface area is 215 Å². The molecule has 10 heteroatoms. The van der Waals surface area contributed by atoms with Gasteiger partial charge in [-0.15, -0.1) is 0 Å². The smallest absolute Gasteiger partial charge is 0.433 e. The number of aromatic nitrogens is 1. The molecule has 0 unspecified atom stereocenters. The molecule has 3 fully saturated rings. The van der Waals surface area contributed by atoms with Gasteiger partial charge in [0.15, 0.2) is 0 Å². The zero-order valence-corrected chi connectivity index (χ0v) is 20.9. The van der Waals surface area contributed by atoms with E-state index in [9.17, 15) is 18.0 Å². The number of ether oxygens (including phenoxy) is 2. The van der Waals surface area contributed by atoms with Crippen LogP contribution < -0.4 is 14.5 Å². The van der Waals surface area contributed by atoms with Crippen LogP contribution in [-0.4, -0.2) is 73.9 Å². The van der Waals surface area contributed by atoms with Crippen molar-refractivity contribution >= 4 is 17.3 Å². The van der Waals surface area contributed by atoms with Crippen molar-refractivity contribution < 1.29 is 27.4 Å². The highest BCUT2D eigenvalue weighted by Crippen LogP contribution is 2.35. The maximum absolute atomic E-state index is 12.9. The topological polar surface area (TPSA) is 58.1 Å². The molecule has 3 aliphatic heterocycles. The van der Waals surface area contributed by atoms with Crippen molar-refractivity contribution in [2.75, 3.05) is 62.3 Å². The van der Waals surface area contributed by atoms with E-state index in [4.69, 9.17) is 9.47 Å². The molecule has 0 radical (unpaired) electrons. The minimum absolute atomic E-state index is 0.0924. The second-order valence-electron chi connectivity index (χ2n) is 10.1. The fourth-order valence-corrected chi connectivity index (χ4v) is 5.38. The Morgan fingerprint density at radius 2 is 1.68 bits per heavy atom. The lowest BCUT2D eigenvalue weighted by atomic mass is 9.88. The Bertz CT molecular complexity index is 1050. The van der Waals surface area contributed by atoms with Crippen molar-refractivity contribution in [3.63, 3.8) is 0 Å². The van der Waals surface area contributed by atoms with Gasteiger partial charge in [-0.2, -0.15) is 13.2 Å². The largest absolute Gasteiger partial charge is 0.494 e. The predicted molar refractivity (Wildman–Crippen MR) is 134 cm³/mol. The van der Waals surface area contributed by atoms with Gasteiger partial charge in [0.05, 0.1) is 30.6 Å². The number of likely N-dealkylation sites (tertiary alicyclic amines) is 1. The lowest BCUT2D eigenvalue weighted by Crippen LogP contribution is -2.59. The first-order valence-electron chi connectivity index (χ1n) is 13.0. The summed E-state index contributed by atoms with van der Waals surface area (Å²) in [5.41, 5.74) is -0.0292. The second-order valence-corrected chi connectivity index (χ2v) is 10.1. The molecule has 1 spiro atoms. The summed E-state index contributed by atoms with van der Waals surface area (Å²) >= 11 is 0. The summed E-state index contributed by atoms with van der Waals surface area (Å²) in [7, 11) is 0. The summed E-state index contributed by atoms with van der Waals surface area (Å²) in [5, 5.41) is 0. The summed E-state index contributed by atoms with van der Waals surface area (Å²) in [5.74, 6) is 0.596. The van der Waals surface area contributed by atoms with Crippen LogP contribution in [0.2, 0.25) is 0 Å². The standard InChI is InChI=1S/C27H33F3N4O3/c28-27(29,30)24-9-6-22(18-31-24)34-20-26(37-19-25(34)35)10-15-33(16-11-26)21-4-7-23(8-5-21)36-17-3-14-32-12-1-2-13-32/h4-9,18H,1-3,10-17,19-20H2. The van der Waals surface area contributed by atoms with Crippen LogP contribution in [0.4, 0.5) is 24.5 Å². The number of pyridine rings is 1. The van der Waals surface area contributed by atoms with Crippen LogP contribution in [0.3, 0.4) is 0 Å². The van der Waals surface area contributed by atoms with E-state index < -0.39 is 17.5 Å². The number of hydrogen-bond donors (Lipinski definition) is 0. The van der Waals surface area contributed by atoms with Crippen molar-refractivity contribution in [2.24, 2.45) is 0 Å². The highest BCUT2D eigenvalue weighted by atomic mass is 19.4. The number of rotatable bonds is 7. The van der Waals surface area contributed by atoms with E-state index in [0.29, 0.717) is 31.7 Å². The van der Waals surface area contributed by atoms with Crippen molar-refractivity contribution in [1.29, 1.82) is 0 Å². The molecule has 7 nitrogen and oxygen atoms in total. The van der Waals surface area contributed by atoms with Crippen molar-refractivity contribution in [3.8, 4) is 5.75 Å². The van der Waals surface area contributed by atoms with Gasteiger partial charge >= 0.3 is 6.18 Å². The summed E-state index contributed by atoms with van der Waals surface area (Å²) < 4.78 is 50.5. The van der Waals surface area contributed by atoms with Gasteiger partial charge in [-0.05, 0) is 81.6 Å². The zero-order chi connectivity index (χ0) is 25.9. The van der Waals surface area contributed by atoms with Crippen LogP contribution in [0.15, 0.2) is 42.6 Å². The SMILES string of the molecule is O=C1COC2(CCN(c3ccc(OCCCN4CCCC4)cc3)CC2)CN1c1ccc(C(F)(F)F)nc1. The van der Waals surface area contributed by atoms with Gasteiger partial charge in [0.2, 0.25) is 0 Å². The van der Waals surface area contributed by atoms with Crippen LogP contribution in [0.1, 0.15) is 37.8 Å². The number of nitrogens with zero attached hydrogens (tertiary/aromatic N) is 4. The first kappa shape index (κ1) is 25.8. The minimum atomic E-state index is -4.51. The van der Waals surface area contributed by atoms with Gasteiger partial charge in [0.1, 0.15) is 18.1 Å². The van der Waals surface area contributed by atoms with Gasteiger partial charge in [0, 0.05) is 25.3 Å². The van der Waals surface area contributed by atoms with E-state index in [0.717, 1.165) is 49.8 Å². The number of morpholine rings is 1. The van der Waals surface area contributed by atoms with Gasteiger partial charge in [0.25, 0.3) is 5.91 Å². The molecule has 0 aliphatic carbocycles. The Kier molecular flexibility index (Phi) is 7.57. The van der Waals surface area contributed by atoms with Crippen LogP contribution in [-0.2, 0) is 15.7 Å². The van der Waals surface area contributed by atoms with Crippen molar-refractivity contribution in [3.05, 3.63) is 48.3 Å². The quantitative estimate of drug-likeness (QED) is 0.508. The summed E-state index contributed by atoms with van der Waals surface area (Å²) in [6.45, 7) is 5.93. The first-order chi connectivity index (χ1) is 17.8. The third kappa shape index (κ3) is 6.18. The molecular formula is C27H33F3N4O3. The highest BCUT2D eigenvalue weighted by molar-refractivity contribution is 5.95. The van der Waals surface area contributed by atoms with E-state index in [1.54, 1.807) is 0 Å². The number of hydrogen-bond acceptors (Lipinski definition) is 6. The predicted octanol–water partition coefficient (Wildman–Crippen LogP) is 4.37. The molecule has 3 saturated heterocycles. The van der Waals surface area contributed by atoms with E-state index in [2.05, 4.69) is 26.9 Å². The van der Waals surface area contributed by atoms with E-state index in [-0.39, 0.29) is 12.5 Å². The number of anilines is 2. The Balaban J connectivity index is 1.13. The van der Waals surface area contributed by atoms with Crippen LogP contribution in [0, 0.1) is 0 Å². The molecule has 37 heavy (non-hydrogen) atoms. The second kappa shape index (κ2) is 10.9. The Morgan fingerprint density at radius 1 is 0.973 bits per heavy atom. The van der Waals surface area contributed by atoms with Gasteiger partial charge < -0.3 is 24.2 Å². The first-order valence-corrected chi connectivity index (χ1v) is 13.0. The van der Waals surface area contributed by atoms with E-state index in [1.807, 2.05) is 12.1 Å².